The van der Waals surface area contributed by atoms with Gasteiger partial charge in [-0.2, -0.15) is 0 Å². The molecule has 2 aromatic heterocycles. The van der Waals surface area contributed by atoms with Crippen molar-refractivity contribution in [2.45, 2.75) is 76.0 Å². The van der Waals surface area contributed by atoms with Gasteiger partial charge in [0, 0.05) is 37.4 Å². The summed E-state index contributed by atoms with van der Waals surface area (Å²) in [5.41, 5.74) is 9.35. The molecule has 2 nitrogen and oxygen atoms in total. The summed E-state index contributed by atoms with van der Waals surface area (Å²) in [6, 6.07) is 27.2. The van der Waals surface area contributed by atoms with Gasteiger partial charge in [-0.05, 0) is 65.5 Å². The number of hydrogen-bond acceptors (Lipinski definition) is 2. The molecule has 4 atom stereocenters. The Morgan fingerprint density at radius 2 is 0.854 bits per heavy atom. The molecule has 2 aliphatic heterocycles. The van der Waals surface area contributed by atoms with Crippen LogP contribution in [0.25, 0.3) is 43.9 Å². The summed E-state index contributed by atoms with van der Waals surface area (Å²) in [6.45, 7) is 10.2. The van der Waals surface area contributed by atoms with E-state index in [0.717, 1.165) is 77.6 Å². The van der Waals surface area contributed by atoms with Crippen LogP contribution in [0.5, 0.6) is 0 Å². The fourth-order valence-corrected chi connectivity index (χ4v) is 16.0. The summed E-state index contributed by atoms with van der Waals surface area (Å²) in [4.78, 5) is 0. The van der Waals surface area contributed by atoms with Crippen LogP contribution in [0.15, 0.2) is 93.8 Å². The first-order valence-electron chi connectivity index (χ1n) is 16.8. The summed E-state index contributed by atoms with van der Waals surface area (Å²) in [6.07, 6.45) is 23.6. The molecule has 0 saturated carbocycles. The first-order valence-corrected chi connectivity index (χ1v) is 20.5. The van der Waals surface area contributed by atoms with Gasteiger partial charge < -0.3 is 21.7 Å². The van der Waals surface area contributed by atoms with Gasteiger partial charge in [0.05, 0.1) is 35.0 Å². The van der Waals surface area contributed by atoms with Gasteiger partial charge in [-0.1, -0.05) is 60.7 Å². The van der Waals surface area contributed by atoms with Crippen LogP contribution in [0, 0.1) is 24.7 Å². The third-order valence-electron chi connectivity index (χ3n) is 10.3. The van der Waals surface area contributed by atoms with E-state index in [1.165, 1.54) is 0 Å². The minimum Gasteiger partial charge on any atom is -0.458 e. The van der Waals surface area contributed by atoms with Crippen LogP contribution in [0.4, 0.5) is 0 Å². The zero-order chi connectivity index (χ0) is 32.2. The van der Waals surface area contributed by atoms with E-state index in [9.17, 15) is 0 Å². The predicted octanol–water partition coefficient (Wildman–Crippen LogP) is 11.6. The van der Waals surface area contributed by atoms with Gasteiger partial charge in [0.25, 0.3) is 0 Å². The average Bonchev–Trinajstić information content (AvgIpc) is 3.82. The maximum absolute atomic E-state index is 7.06. The molecular formula is C42H44Au2O2P2+2. The minimum atomic E-state index is 0. The third kappa shape index (κ3) is 8.62. The predicted molar refractivity (Wildman–Crippen MR) is 203 cm³/mol. The molecule has 0 aliphatic carbocycles. The Morgan fingerprint density at radius 1 is 0.521 bits per heavy atom. The summed E-state index contributed by atoms with van der Waals surface area (Å²) in [5.74, 6) is 4.71. The van der Waals surface area contributed by atoms with Crippen LogP contribution in [0.1, 0.15) is 64.5 Å². The van der Waals surface area contributed by atoms with Crippen molar-refractivity contribution in [1.29, 1.82) is 0 Å². The number of rotatable bonds is 3. The van der Waals surface area contributed by atoms with Gasteiger partial charge in [0.1, 0.15) is 22.3 Å². The number of hydrogen-bond donors (Lipinski definition) is 0. The molecule has 0 unspecified atom stereocenters. The molecule has 0 N–H and O–H groups in total. The molecule has 2 aliphatic rings. The fraction of sp³-hybridized carbons (Fsp3) is 0.333. The van der Waals surface area contributed by atoms with Crippen LogP contribution in [0.3, 0.4) is 0 Å². The van der Waals surface area contributed by atoms with E-state index in [4.69, 9.17) is 21.7 Å². The first kappa shape index (κ1) is 38.7. The summed E-state index contributed by atoms with van der Waals surface area (Å²) >= 11 is 0. The Kier molecular flexibility index (Phi) is 14.3. The molecule has 8 rings (SSSR count). The Morgan fingerprint density at radius 3 is 1.21 bits per heavy atom. The van der Waals surface area contributed by atoms with Gasteiger partial charge in [-0.15, -0.1) is 23.3 Å². The molecule has 0 spiro atoms. The minimum absolute atomic E-state index is 0. The van der Waals surface area contributed by atoms with E-state index in [0.29, 0.717) is 0 Å². The molecule has 4 aromatic carbocycles. The smallest absolute Gasteiger partial charge is 0.458 e. The molecule has 48 heavy (non-hydrogen) atoms. The van der Waals surface area contributed by atoms with Crippen LogP contribution >= 0.6 is 15.8 Å². The van der Waals surface area contributed by atoms with Crippen molar-refractivity contribution in [3.63, 3.8) is 0 Å². The van der Waals surface area contributed by atoms with Crippen molar-refractivity contribution >= 4 is 59.7 Å². The van der Waals surface area contributed by atoms with Crippen molar-refractivity contribution in [1.82, 2.24) is 0 Å². The van der Waals surface area contributed by atoms with E-state index in [1.54, 1.807) is 38.0 Å². The monoisotopic (exact) mass is 1040 g/mol. The van der Waals surface area contributed by atoms with Crippen molar-refractivity contribution in [3.05, 3.63) is 109 Å². The maximum atomic E-state index is 7.06. The summed E-state index contributed by atoms with van der Waals surface area (Å²) in [5, 5.41) is 4.40. The first-order chi connectivity index (χ1) is 22.4. The summed E-state index contributed by atoms with van der Waals surface area (Å²) < 4.78 is 11.3. The van der Waals surface area contributed by atoms with Crippen LogP contribution in [-0.4, -0.2) is 35.0 Å². The second kappa shape index (κ2) is 17.7. The van der Waals surface area contributed by atoms with E-state index in [2.05, 4.69) is 39.5 Å². The number of furan rings is 2. The largest absolute Gasteiger partial charge is 1.00 e. The number of benzene rings is 4. The quantitative estimate of drug-likeness (QED) is 0.0764. The van der Waals surface area contributed by atoms with Gasteiger partial charge in [0.2, 0.25) is 0 Å². The number of fused-ring (bicyclic) bond motifs is 6. The second-order valence-electron chi connectivity index (χ2n) is 13.3. The molecule has 254 valence electrons. The standard InChI is InChI=1S/2C14H7O.C14H28P2.2Au/c2*1-2-10-7-8-12-11-5-3-4-6-13(11)15-14(12)9-10;1-11-5-6-12(2)15(11)9-10-16-13(3)7-8-14(16)4;;/h2*3-9H;11-14H,5-10H2,1-4H3;;/q2*-1;;2*+1/p+2/t;;11-,12-,13-,14-;;/m..0../s1. The zero-order valence-corrected chi connectivity index (χ0v) is 34.4. The molecule has 6 heteroatoms. The third-order valence-corrected chi connectivity index (χ3v) is 18.7. The van der Waals surface area contributed by atoms with Gasteiger partial charge in [0.15, 0.2) is 0 Å². The maximum Gasteiger partial charge on any atom is 1.00 e. The van der Waals surface area contributed by atoms with E-state index in [-0.39, 0.29) is 60.6 Å². The Hall–Kier alpha value is -2.06. The fourth-order valence-electron chi connectivity index (χ4n) is 7.59. The zero-order valence-electron chi connectivity index (χ0n) is 28.1. The normalized spacial score (nSPS) is 20.6. The average molecular weight is 1040 g/mol. The molecular weight excluding hydrogens is 992 g/mol. The Labute approximate surface area is 320 Å². The van der Waals surface area contributed by atoms with E-state index in [1.807, 2.05) is 84.9 Å². The van der Waals surface area contributed by atoms with Crippen LogP contribution in [-0.2, 0) is 44.8 Å². The van der Waals surface area contributed by atoms with Crippen LogP contribution in [0.2, 0.25) is 0 Å². The Balaban J connectivity index is 0.000000159. The number of para-hydroxylation sites is 2. The van der Waals surface area contributed by atoms with Crippen molar-refractivity contribution in [2.24, 2.45) is 0 Å². The molecule has 0 radical (unpaired) electrons. The molecule has 6 aromatic rings. The van der Waals surface area contributed by atoms with Gasteiger partial charge in [-0.3, -0.25) is 11.8 Å². The molecule has 2 fully saturated rings. The van der Waals surface area contributed by atoms with Crippen molar-refractivity contribution < 1.29 is 53.6 Å². The second-order valence-corrected chi connectivity index (χ2v) is 20.5. The molecule has 0 amide bonds. The van der Waals surface area contributed by atoms with Crippen molar-refractivity contribution in [2.75, 3.05) is 12.3 Å². The molecule has 4 heterocycles. The van der Waals surface area contributed by atoms with Gasteiger partial charge >= 0.3 is 44.8 Å². The van der Waals surface area contributed by atoms with E-state index >= 15 is 0 Å². The van der Waals surface area contributed by atoms with Crippen molar-refractivity contribution in [3.8, 4) is 11.8 Å². The topological polar surface area (TPSA) is 26.3 Å². The SMILES string of the molecule is C[C@H]1CC[C@H](C)[PH+]1CC[PH+]1[C@@H](C)CC[C@@H]1C.[Au+].[Au+].[C-]#Cc1ccc2c(c1)oc1ccccc12.[C-]#Cc1ccc2c(c1)oc1ccccc12. The molecule has 2 saturated heterocycles. The van der Waals surface area contributed by atoms with Gasteiger partial charge in [-0.25, -0.2) is 0 Å². The van der Waals surface area contributed by atoms with Crippen LogP contribution < -0.4 is 0 Å². The summed E-state index contributed by atoms with van der Waals surface area (Å²) in [7, 11) is 0.0490. The Bertz CT molecular complexity index is 1880. The van der Waals surface area contributed by atoms with E-state index < -0.39 is 0 Å². The molecule has 0 bridgehead atoms.